The monoisotopic (exact) mass is 248 g/mol. The fourth-order valence-electron chi connectivity index (χ4n) is 3.40. The van der Waals surface area contributed by atoms with Gasteiger partial charge in [0, 0.05) is 18.6 Å². The van der Waals surface area contributed by atoms with Crippen LogP contribution >= 0.6 is 0 Å². The number of nitrogens with one attached hydrogen (secondary N) is 1. The first-order chi connectivity index (χ1) is 8.83. The third-order valence-electron chi connectivity index (χ3n) is 4.27. The molecular formula is C15H21FN2. The first-order valence-corrected chi connectivity index (χ1v) is 7.05. The van der Waals surface area contributed by atoms with Crippen molar-refractivity contribution in [3.05, 3.63) is 35.6 Å². The molecule has 2 fully saturated rings. The van der Waals surface area contributed by atoms with Gasteiger partial charge < -0.3 is 5.32 Å². The first-order valence-electron chi connectivity index (χ1n) is 7.05. The zero-order chi connectivity index (χ0) is 12.4. The van der Waals surface area contributed by atoms with Gasteiger partial charge in [-0.3, -0.25) is 4.90 Å². The normalized spacial score (nSPS) is 28.9. The van der Waals surface area contributed by atoms with E-state index in [1.807, 2.05) is 12.1 Å². The van der Waals surface area contributed by atoms with E-state index in [0.29, 0.717) is 12.1 Å². The van der Waals surface area contributed by atoms with Crippen molar-refractivity contribution in [2.45, 2.75) is 44.3 Å². The molecule has 98 valence electrons. The van der Waals surface area contributed by atoms with Gasteiger partial charge in [-0.15, -0.1) is 0 Å². The highest BCUT2D eigenvalue weighted by atomic mass is 19.1. The summed E-state index contributed by atoms with van der Waals surface area (Å²) in [5.74, 6) is -0.122. The molecule has 1 aromatic rings. The lowest BCUT2D eigenvalue weighted by atomic mass is 10.0. The van der Waals surface area contributed by atoms with E-state index in [0.717, 1.165) is 25.2 Å². The van der Waals surface area contributed by atoms with E-state index < -0.39 is 0 Å². The number of nitrogens with zero attached hydrogens (tertiary/aromatic N) is 1. The summed E-state index contributed by atoms with van der Waals surface area (Å²) in [5.41, 5.74) is 1.10. The van der Waals surface area contributed by atoms with Crippen molar-refractivity contribution in [3.8, 4) is 0 Å². The molecule has 2 nitrogen and oxygen atoms in total. The van der Waals surface area contributed by atoms with Gasteiger partial charge in [0.15, 0.2) is 0 Å². The second kappa shape index (κ2) is 5.37. The van der Waals surface area contributed by atoms with Crippen molar-refractivity contribution in [2.75, 3.05) is 13.1 Å². The van der Waals surface area contributed by atoms with Gasteiger partial charge in [-0.05, 0) is 50.0 Å². The molecule has 2 unspecified atom stereocenters. The van der Waals surface area contributed by atoms with Crippen LogP contribution in [0.15, 0.2) is 24.3 Å². The van der Waals surface area contributed by atoms with Gasteiger partial charge in [0.2, 0.25) is 0 Å². The van der Waals surface area contributed by atoms with E-state index in [4.69, 9.17) is 0 Å². The Balaban J connectivity index is 1.73. The second-order valence-corrected chi connectivity index (χ2v) is 5.51. The van der Waals surface area contributed by atoms with Crippen molar-refractivity contribution >= 4 is 0 Å². The predicted molar refractivity (Wildman–Crippen MR) is 70.9 cm³/mol. The number of rotatable bonds is 2. The molecule has 3 rings (SSSR count). The van der Waals surface area contributed by atoms with E-state index in [-0.39, 0.29) is 5.82 Å². The molecule has 2 aliphatic heterocycles. The molecule has 2 aliphatic rings. The Bertz CT molecular complexity index is 407. The minimum absolute atomic E-state index is 0.122. The van der Waals surface area contributed by atoms with Crippen molar-refractivity contribution in [1.82, 2.24) is 10.2 Å². The molecule has 0 bridgehead atoms. The lowest BCUT2D eigenvalue weighted by Crippen LogP contribution is -2.41. The van der Waals surface area contributed by atoms with Crippen molar-refractivity contribution in [2.24, 2.45) is 0 Å². The third-order valence-corrected chi connectivity index (χ3v) is 4.27. The Morgan fingerprint density at radius 1 is 1.28 bits per heavy atom. The number of benzene rings is 1. The van der Waals surface area contributed by atoms with Crippen molar-refractivity contribution in [3.63, 3.8) is 0 Å². The molecule has 1 N–H and O–H groups in total. The topological polar surface area (TPSA) is 15.3 Å². The maximum Gasteiger partial charge on any atom is 0.123 e. The van der Waals surface area contributed by atoms with Crippen LogP contribution in [0, 0.1) is 5.82 Å². The summed E-state index contributed by atoms with van der Waals surface area (Å²) in [6.07, 6.45) is 5.11. The minimum Gasteiger partial charge on any atom is -0.312 e. The fraction of sp³-hybridized carbons (Fsp3) is 0.600. The summed E-state index contributed by atoms with van der Waals surface area (Å²) in [4.78, 5) is 2.55. The quantitative estimate of drug-likeness (QED) is 0.865. The zero-order valence-electron chi connectivity index (χ0n) is 10.7. The minimum atomic E-state index is -0.122. The Morgan fingerprint density at radius 2 is 2.22 bits per heavy atom. The lowest BCUT2D eigenvalue weighted by Gasteiger charge is -2.30. The molecule has 0 aliphatic carbocycles. The summed E-state index contributed by atoms with van der Waals surface area (Å²) in [7, 11) is 0. The van der Waals surface area contributed by atoms with Gasteiger partial charge in [0.25, 0.3) is 0 Å². The molecule has 0 spiro atoms. The number of likely N-dealkylation sites (tertiary alicyclic amines) is 1. The maximum absolute atomic E-state index is 13.2. The lowest BCUT2D eigenvalue weighted by molar-refractivity contribution is 0.186. The number of hydrogen-bond donors (Lipinski definition) is 1. The van der Waals surface area contributed by atoms with Gasteiger partial charge in [0.05, 0.1) is 0 Å². The molecule has 0 saturated carbocycles. The zero-order valence-corrected chi connectivity index (χ0v) is 10.7. The van der Waals surface area contributed by atoms with Crippen LogP contribution in [0.2, 0.25) is 0 Å². The van der Waals surface area contributed by atoms with Crippen LogP contribution in [-0.2, 0) is 6.54 Å². The maximum atomic E-state index is 13.2. The highest BCUT2D eigenvalue weighted by Gasteiger charge is 2.32. The molecule has 1 aromatic carbocycles. The highest BCUT2D eigenvalue weighted by molar-refractivity contribution is 5.16. The average molecular weight is 248 g/mol. The van der Waals surface area contributed by atoms with Gasteiger partial charge in [0.1, 0.15) is 5.82 Å². The second-order valence-electron chi connectivity index (χ2n) is 5.51. The standard InChI is InChI=1S/C15H21FN2/c16-13-5-3-4-12(10-13)11-18-9-2-1-6-14-15(18)7-8-17-14/h3-5,10,14-15,17H,1-2,6-9,11H2. The first kappa shape index (κ1) is 12.1. The highest BCUT2D eigenvalue weighted by Crippen LogP contribution is 2.25. The van der Waals surface area contributed by atoms with Gasteiger partial charge in [-0.1, -0.05) is 18.6 Å². The Hall–Kier alpha value is -0.930. The van der Waals surface area contributed by atoms with Crippen LogP contribution in [-0.4, -0.2) is 30.1 Å². The van der Waals surface area contributed by atoms with Gasteiger partial charge in [-0.2, -0.15) is 0 Å². The van der Waals surface area contributed by atoms with E-state index in [1.54, 1.807) is 6.07 Å². The largest absolute Gasteiger partial charge is 0.312 e. The molecule has 2 saturated heterocycles. The molecular weight excluding hydrogens is 227 g/mol. The molecule has 18 heavy (non-hydrogen) atoms. The van der Waals surface area contributed by atoms with E-state index >= 15 is 0 Å². The van der Waals surface area contributed by atoms with Crippen molar-refractivity contribution in [1.29, 1.82) is 0 Å². The van der Waals surface area contributed by atoms with Crippen LogP contribution in [0.25, 0.3) is 0 Å². The molecule has 0 amide bonds. The number of halogens is 1. The molecule has 2 atom stereocenters. The van der Waals surface area contributed by atoms with E-state index in [9.17, 15) is 4.39 Å². The van der Waals surface area contributed by atoms with Crippen LogP contribution < -0.4 is 5.32 Å². The summed E-state index contributed by atoms with van der Waals surface area (Å²) in [5, 5.41) is 3.61. The van der Waals surface area contributed by atoms with Crippen LogP contribution in [0.5, 0.6) is 0 Å². The summed E-state index contributed by atoms with van der Waals surface area (Å²) in [6.45, 7) is 3.18. The molecule has 2 heterocycles. The SMILES string of the molecule is Fc1cccc(CN2CCCCC3NCCC32)c1. The third kappa shape index (κ3) is 2.57. The van der Waals surface area contributed by atoms with Crippen LogP contribution in [0.3, 0.4) is 0 Å². The molecule has 3 heteroatoms. The van der Waals surface area contributed by atoms with Crippen LogP contribution in [0.4, 0.5) is 4.39 Å². The summed E-state index contributed by atoms with van der Waals surface area (Å²) in [6, 6.07) is 8.34. The number of fused-ring (bicyclic) bond motifs is 1. The number of hydrogen-bond acceptors (Lipinski definition) is 2. The summed E-state index contributed by atoms with van der Waals surface area (Å²) < 4.78 is 13.2. The smallest absolute Gasteiger partial charge is 0.123 e. The predicted octanol–water partition coefficient (Wildman–Crippen LogP) is 2.54. The van der Waals surface area contributed by atoms with Crippen molar-refractivity contribution < 1.29 is 4.39 Å². The fourth-order valence-corrected chi connectivity index (χ4v) is 3.40. The molecule has 0 radical (unpaired) electrons. The van der Waals surface area contributed by atoms with Gasteiger partial charge >= 0.3 is 0 Å². The molecule has 0 aromatic heterocycles. The summed E-state index contributed by atoms with van der Waals surface area (Å²) >= 11 is 0. The Labute approximate surface area is 108 Å². The average Bonchev–Trinajstić information content (AvgIpc) is 2.74. The Kier molecular flexibility index (Phi) is 3.62. The van der Waals surface area contributed by atoms with Crippen LogP contribution in [0.1, 0.15) is 31.2 Å². The van der Waals surface area contributed by atoms with E-state index in [1.165, 1.54) is 31.7 Å². The Morgan fingerprint density at radius 3 is 3.11 bits per heavy atom. The van der Waals surface area contributed by atoms with Gasteiger partial charge in [-0.25, -0.2) is 4.39 Å². The van der Waals surface area contributed by atoms with E-state index in [2.05, 4.69) is 10.2 Å².